The Labute approximate surface area is 205 Å². The van der Waals surface area contributed by atoms with Gasteiger partial charge in [0.15, 0.2) is 0 Å². The number of aliphatic imine (C=N–C) groups is 1. The molecule has 2 amide bonds. The summed E-state index contributed by atoms with van der Waals surface area (Å²) in [6, 6.07) is 15.3. The molecule has 0 unspecified atom stereocenters. The fourth-order valence-electron chi connectivity index (χ4n) is 3.85. The molecular formula is C28H30N4O3. The molecule has 1 aliphatic rings. The van der Waals surface area contributed by atoms with Crippen molar-refractivity contribution in [1.29, 1.82) is 0 Å². The van der Waals surface area contributed by atoms with Crippen LogP contribution in [-0.4, -0.2) is 48.6 Å². The van der Waals surface area contributed by atoms with Crippen molar-refractivity contribution in [1.82, 2.24) is 9.88 Å². The van der Waals surface area contributed by atoms with Crippen LogP contribution >= 0.6 is 0 Å². The summed E-state index contributed by atoms with van der Waals surface area (Å²) in [5, 5.41) is 2.91. The summed E-state index contributed by atoms with van der Waals surface area (Å²) in [6.07, 6.45) is 1.80. The SMILES string of the molecule is COc1ccccc1C1=NCc2ncc(-c3ccc(NC(=O)C(C)(C)C)c(C(=O)N(C)C)c3)cc21. The Hall–Kier alpha value is -4.00. The van der Waals surface area contributed by atoms with Crippen molar-refractivity contribution in [2.75, 3.05) is 26.5 Å². The van der Waals surface area contributed by atoms with Gasteiger partial charge < -0.3 is 15.0 Å². The van der Waals surface area contributed by atoms with E-state index >= 15 is 0 Å². The zero-order chi connectivity index (χ0) is 25.3. The topological polar surface area (TPSA) is 83.9 Å². The highest BCUT2D eigenvalue weighted by Gasteiger charge is 2.25. The minimum atomic E-state index is -0.588. The fraction of sp³-hybridized carbons (Fsp3) is 0.286. The molecule has 3 aromatic rings. The van der Waals surface area contributed by atoms with Gasteiger partial charge in [-0.15, -0.1) is 0 Å². The Balaban J connectivity index is 1.76. The molecule has 0 saturated carbocycles. The van der Waals surface area contributed by atoms with Crippen molar-refractivity contribution < 1.29 is 14.3 Å². The summed E-state index contributed by atoms with van der Waals surface area (Å²) < 4.78 is 5.54. The van der Waals surface area contributed by atoms with Crippen LogP contribution in [0, 0.1) is 5.41 Å². The third kappa shape index (κ3) is 4.80. The van der Waals surface area contributed by atoms with Crippen LogP contribution in [0.1, 0.15) is 48.0 Å². The van der Waals surface area contributed by atoms with Gasteiger partial charge in [-0.2, -0.15) is 0 Å². The van der Waals surface area contributed by atoms with E-state index in [0.29, 0.717) is 17.8 Å². The van der Waals surface area contributed by atoms with Gasteiger partial charge in [-0.25, -0.2) is 0 Å². The molecule has 0 aliphatic carbocycles. The molecule has 0 saturated heterocycles. The van der Waals surface area contributed by atoms with Crippen LogP contribution < -0.4 is 10.1 Å². The van der Waals surface area contributed by atoms with Crippen LogP contribution in [-0.2, 0) is 11.3 Å². The van der Waals surface area contributed by atoms with Crippen molar-refractivity contribution in [3.63, 3.8) is 0 Å². The lowest BCUT2D eigenvalue weighted by molar-refractivity contribution is -0.123. The number of carbonyl (C=O) groups is 2. The Morgan fingerprint density at radius 2 is 1.74 bits per heavy atom. The van der Waals surface area contributed by atoms with Crippen LogP contribution in [0.25, 0.3) is 11.1 Å². The number of hydrogen-bond acceptors (Lipinski definition) is 5. The van der Waals surface area contributed by atoms with E-state index in [2.05, 4.69) is 10.3 Å². The van der Waals surface area contributed by atoms with Gasteiger partial charge in [0.25, 0.3) is 5.91 Å². The van der Waals surface area contributed by atoms with E-state index < -0.39 is 5.41 Å². The maximum absolute atomic E-state index is 13.0. The molecule has 180 valence electrons. The van der Waals surface area contributed by atoms with Gasteiger partial charge in [0.05, 0.1) is 36.3 Å². The molecule has 1 N–H and O–H groups in total. The summed E-state index contributed by atoms with van der Waals surface area (Å²) in [4.78, 5) is 36.5. The van der Waals surface area contributed by atoms with Gasteiger partial charge in [-0.1, -0.05) is 39.0 Å². The molecule has 1 aromatic heterocycles. The lowest BCUT2D eigenvalue weighted by atomic mass is 9.94. The second-order valence-electron chi connectivity index (χ2n) is 9.75. The zero-order valence-corrected chi connectivity index (χ0v) is 21.0. The molecule has 2 heterocycles. The Bertz CT molecular complexity index is 1340. The maximum Gasteiger partial charge on any atom is 0.255 e. The number of benzene rings is 2. The molecule has 0 radical (unpaired) electrons. The van der Waals surface area contributed by atoms with Crippen LogP contribution in [0.5, 0.6) is 5.75 Å². The van der Waals surface area contributed by atoms with Gasteiger partial charge in [-0.3, -0.25) is 19.6 Å². The highest BCUT2D eigenvalue weighted by molar-refractivity contribution is 6.16. The number of amides is 2. The van der Waals surface area contributed by atoms with Crippen LogP contribution in [0.3, 0.4) is 0 Å². The van der Waals surface area contributed by atoms with Crippen LogP contribution in [0.4, 0.5) is 5.69 Å². The Kier molecular flexibility index (Phi) is 6.43. The molecule has 2 aromatic carbocycles. The third-order valence-corrected chi connectivity index (χ3v) is 5.89. The Morgan fingerprint density at radius 1 is 1.00 bits per heavy atom. The highest BCUT2D eigenvalue weighted by atomic mass is 16.5. The first kappa shape index (κ1) is 24.1. The number of methoxy groups -OCH3 is 1. The van der Waals surface area contributed by atoms with Crippen molar-refractivity contribution >= 4 is 23.2 Å². The first-order chi connectivity index (χ1) is 16.6. The molecule has 4 rings (SSSR count). The predicted molar refractivity (Wildman–Crippen MR) is 138 cm³/mol. The number of fused-ring (bicyclic) bond motifs is 1. The molecule has 0 spiro atoms. The number of para-hydroxylation sites is 1. The summed E-state index contributed by atoms with van der Waals surface area (Å²) in [5.41, 5.74) is 5.59. The number of pyridine rings is 1. The fourth-order valence-corrected chi connectivity index (χ4v) is 3.85. The number of nitrogens with one attached hydrogen (secondary N) is 1. The average molecular weight is 471 g/mol. The highest BCUT2D eigenvalue weighted by Crippen LogP contribution is 2.32. The molecular weight excluding hydrogens is 440 g/mol. The van der Waals surface area contributed by atoms with E-state index in [1.165, 1.54) is 4.90 Å². The molecule has 0 atom stereocenters. The number of aromatic nitrogens is 1. The van der Waals surface area contributed by atoms with Crippen LogP contribution in [0.15, 0.2) is 59.7 Å². The predicted octanol–water partition coefficient (Wildman–Crippen LogP) is 4.79. The second kappa shape index (κ2) is 9.33. The third-order valence-electron chi connectivity index (χ3n) is 5.89. The number of anilines is 1. The summed E-state index contributed by atoms with van der Waals surface area (Å²) in [7, 11) is 5.03. The standard InChI is InChI=1S/C28H30N4O3/c1-28(2,3)27(34)31-22-12-11-17(13-21(22)26(33)32(4)5)18-14-20-23(29-15-18)16-30-25(20)19-9-7-8-10-24(19)35-6/h7-15H,16H2,1-6H3,(H,31,34). The minimum Gasteiger partial charge on any atom is -0.496 e. The zero-order valence-electron chi connectivity index (χ0n) is 21.0. The van der Waals surface area contributed by atoms with Gasteiger partial charge in [0.1, 0.15) is 5.75 Å². The van der Waals surface area contributed by atoms with Crippen LogP contribution in [0.2, 0.25) is 0 Å². The largest absolute Gasteiger partial charge is 0.496 e. The Morgan fingerprint density at radius 3 is 2.43 bits per heavy atom. The minimum absolute atomic E-state index is 0.157. The van der Waals surface area contributed by atoms with E-state index in [1.807, 2.05) is 57.2 Å². The van der Waals surface area contributed by atoms with E-state index in [1.54, 1.807) is 39.5 Å². The smallest absolute Gasteiger partial charge is 0.255 e. The molecule has 0 fully saturated rings. The van der Waals surface area contributed by atoms with E-state index in [-0.39, 0.29) is 11.8 Å². The van der Waals surface area contributed by atoms with Gasteiger partial charge in [0.2, 0.25) is 5.91 Å². The summed E-state index contributed by atoms with van der Waals surface area (Å²) in [6.45, 7) is 6.01. The second-order valence-corrected chi connectivity index (χ2v) is 9.75. The normalized spacial score (nSPS) is 12.6. The number of nitrogens with zero attached hydrogens (tertiary/aromatic N) is 3. The number of carbonyl (C=O) groups excluding carboxylic acids is 2. The quantitative estimate of drug-likeness (QED) is 0.581. The molecule has 7 heteroatoms. The van der Waals surface area contributed by atoms with Crippen molar-refractivity contribution in [2.45, 2.75) is 27.3 Å². The summed E-state index contributed by atoms with van der Waals surface area (Å²) in [5.74, 6) is 0.402. The number of rotatable bonds is 5. The van der Waals surface area contributed by atoms with E-state index in [9.17, 15) is 9.59 Å². The monoisotopic (exact) mass is 470 g/mol. The van der Waals surface area contributed by atoms with Gasteiger partial charge in [0, 0.05) is 42.4 Å². The lowest BCUT2D eigenvalue weighted by Gasteiger charge is -2.21. The summed E-state index contributed by atoms with van der Waals surface area (Å²) >= 11 is 0. The first-order valence-corrected chi connectivity index (χ1v) is 11.4. The average Bonchev–Trinajstić information content (AvgIpc) is 3.26. The molecule has 35 heavy (non-hydrogen) atoms. The molecule has 0 bridgehead atoms. The van der Waals surface area contributed by atoms with E-state index in [0.717, 1.165) is 39.4 Å². The van der Waals surface area contributed by atoms with E-state index in [4.69, 9.17) is 9.73 Å². The van der Waals surface area contributed by atoms with Crippen molar-refractivity contribution in [3.8, 4) is 16.9 Å². The van der Waals surface area contributed by atoms with Crippen molar-refractivity contribution in [3.05, 3.63) is 77.1 Å². The number of hydrogen-bond donors (Lipinski definition) is 1. The van der Waals surface area contributed by atoms with Gasteiger partial charge >= 0.3 is 0 Å². The lowest BCUT2D eigenvalue weighted by Crippen LogP contribution is -2.29. The molecule has 1 aliphatic heterocycles. The van der Waals surface area contributed by atoms with Gasteiger partial charge in [-0.05, 0) is 35.9 Å². The van der Waals surface area contributed by atoms with Crippen molar-refractivity contribution in [2.24, 2.45) is 10.4 Å². The molecule has 7 nitrogen and oxygen atoms in total. The maximum atomic E-state index is 13.0. The number of ether oxygens (including phenoxy) is 1. The first-order valence-electron chi connectivity index (χ1n) is 11.4.